The summed E-state index contributed by atoms with van der Waals surface area (Å²) in [7, 11) is 1.65. The molecule has 0 amide bonds. The molecule has 0 radical (unpaired) electrons. The Morgan fingerprint density at radius 3 is 2.95 bits per heavy atom. The first-order valence-corrected chi connectivity index (χ1v) is 7.46. The summed E-state index contributed by atoms with van der Waals surface area (Å²) < 4.78 is 10.5. The minimum Gasteiger partial charge on any atom is -0.496 e. The molecule has 0 aliphatic carbocycles. The number of esters is 1. The van der Waals surface area contributed by atoms with E-state index in [2.05, 4.69) is 4.90 Å². The lowest BCUT2D eigenvalue weighted by molar-refractivity contribution is -0.148. The second kappa shape index (κ2) is 7.43. The number of hydrogen-bond donors (Lipinski definition) is 1. The minimum atomic E-state index is -0.120. The van der Waals surface area contributed by atoms with Gasteiger partial charge in [-0.05, 0) is 37.9 Å². The first-order chi connectivity index (χ1) is 10.2. The monoisotopic (exact) mass is 292 g/mol. The number of likely N-dealkylation sites (tertiary alicyclic amines) is 1. The van der Waals surface area contributed by atoms with Gasteiger partial charge in [0.15, 0.2) is 0 Å². The summed E-state index contributed by atoms with van der Waals surface area (Å²) in [4.78, 5) is 14.1. The van der Waals surface area contributed by atoms with Crippen molar-refractivity contribution in [2.45, 2.75) is 38.9 Å². The average Bonchev–Trinajstić information content (AvgIpc) is 2.95. The molecule has 1 heterocycles. The van der Waals surface area contributed by atoms with Gasteiger partial charge in [0.25, 0.3) is 0 Å². The van der Waals surface area contributed by atoms with Gasteiger partial charge in [-0.25, -0.2) is 0 Å². The van der Waals surface area contributed by atoms with Gasteiger partial charge in [-0.3, -0.25) is 9.69 Å². The molecule has 0 bridgehead atoms. The van der Waals surface area contributed by atoms with E-state index in [4.69, 9.17) is 15.2 Å². The lowest BCUT2D eigenvalue weighted by Crippen LogP contribution is -2.36. The van der Waals surface area contributed by atoms with E-state index in [1.54, 1.807) is 7.11 Å². The van der Waals surface area contributed by atoms with Gasteiger partial charge in [-0.15, -0.1) is 0 Å². The van der Waals surface area contributed by atoms with E-state index in [1.807, 2.05) is 25.1 Å². The summed E-state index contributed by atoms with van der Waals surface area (Å²) in [6.45, 7) is 4.38. The van der Waals surface area contributed by atoms with E-state index in [-0.39, 0.29) is 12.0 Å². The van der Waals surface area contributed by atoms with Gasteiger partial charge in [0.05, 0.1) is 13.7 Å². The molecule has 0 spiro atoms. The molecule has 0 aromatic heterocycles. The lowest BCUT2D eigenvalue weighted by Gasteiger charge is -2.23. The van der Waals surface area contributed by atoms with Gasteiger partial charge in [0.1, 0.15) is 11.8 Å². The molecule has 1 aromatic rings. The van der Waals surface area contributed by atoms with Crippen molar-refractivity contribution in [1.29, 1.82) is 0 Å². The SMILES string of the molecule is CCOC(=O)C1CCCN1Cc1ccc(CN)c(OC)c1. The largest absolute Gasteiger partial charge is 0.496 e. The van der Waals surface area contributed by atoms with Crippen LogP contribution in [0, 0.1) is 0 Å². The van der Waals surface area contributed by atoms with E-state index >= 15 is 0 Å². The summed E-state index contributed by atoms with van der Waals surface area (Å²) >= 11 is 0. The highest BCUT2D eigenvalue weighted by Crippen LogP contribution is 2.24. The first kappa shape index (κ1) is 15.8. The number of hydrogen-bond acceptors (Lipinski definition) is 5. The van der Waals surface area contributed by atoms with E-state index in [1.165, 1.54) is 0 Å². The Morgan fingerprint density at radius 1 is 1.48 bits per heavy atom. The van der Waals surface area contributed by atoms with Crippen molar-refractivity contribution in [1.82, 2.24) is 4.90 Å². The molecule has 1 aliphatic rings. The number of carbonyl (C=O) groups excluding carboxylic acids is 1. The van der Waals surface area contributed by atoms with Crippen molar-refractivity contribution in [2.75, 3.05) is 20.3 Å². The van der Waals surface area contributed by atoms with E-state index < -0.39 is 0 Å². The molecule has 1 saturated heterocycles. The molecule has 2 rings (SSSR count). The van der Waals surface area contributed by atoms with Gasteiger partial charge >= 0.3 is 5.97 Å². The fourth-order valence-corrected chi connectivity index (χ4v) is 2.81. The fraction of sp³-hybridized carbons (Fsp3) is 0.562. The average molecular weight is 292 g/mol. The molecule has 1 atom stereocenters. The summed E-state index contributed by atoms with van der Waals surface area (Å²) in [5.74, 6) is 0.697. The van der Waals surface area contributed by atoms with Crippen LogP contribution < -0.4 is 10.5 Å². The maximum atomic E-state index is 12.0. The highest BCUT2D eigenvalue weighted by molar-refractivity contribution is 5.76. The van der Waals surface area contributed by atoms with Crippen molar-refractivity contribution >= 4 is 5.97 Å². The molecule has 1 fully saturated rings. The Balaban J connectivity index is 2.08. The van der Waals surface area contributed by atoms with Gasteiger partial charge in [0, 0.05) is 18.7 Å². The number of nitrogens with two attached hydrogens (primary N) is 1. The smallest absolute Gasteiger partial charge is 0.323 e. The third-order valence-corrected chi connectivity index (χ3v) is 3.88. The van der Waals surface area contributed by atoms with Gasteiger partial charge < -0.3 is 15.2 Å². The highest BCUT2D eigenvalue weighted by Gasteiger charge is 2.31. The van der Waals surface area contributed by atoms with Crippen LogP contribution in [0.1, 0.15) is 30.9 Å². The maximum Gasteiger partial charge on any atom is 0.323 e. The molecule has 116 valence electrons. The highest BCUT2D eigenvalue weighted by atomic mass is 16.5. The minimum absolute atomic E-state index is 0.111. The molecule has 1 aromatic carbocycles. The number of benzene rings is 1. The summed E-state index contributed by atoms with van der Waals surface area (Å²) in [6, 6.07) is 5.92. The zero-order chi connectivity index (χ0) is 15.2. The number of carbonyl (C=O) groups is 1. The molecule has 2 N–H and O–H groups in total. The molecule has 21 heavy (non-hydrogen) atoms. The Bertz CT molecular complexity index is 490. The van der Waals surface area contributed by atoms with Crippen molar-refractivity contribution in [2.24, 2.45) is 5.73 Å². The van der Waals surface area contributed by atoms with Crippen LogP contribution in [-0.2, 0) is 22.6 Å². The van der Waals surface area contributed by atoms with Crippen LogP contribution in [0.3, 0.4) is 0 Å². The topological polar surface area (TPSA) is 64.8 Å². The second-order valence-corrected chi connectivity index (χ2v) is 5.23. The lowest BCUT2D eigenvalue weighted by atomic mass is 10.1. The van der Waals surface area contributed by atoms with Crippen LogP contribution >= 0.6 is 0 Å². The standard InChI is InChI=1S/C16H24N2O3/c1-3-21-16(19)14-5-4-8-18(14)11-12-6-7-13(10-17)15(9-12)20-2/h6-7,9,14H,3-5,8,10-11,17H2,1-2H3. The van der Waals surface area contributed by atoms with Crippen LogP contribution in [0.25, 0.3) is 0 Å². The number of ether oxygens (including phenoxy) is 2. The number of rotatable bonds is 6. The Hall–Kier alpha value is -1.59. The number of methoxy groups -OCH3 is 1. The number of nitrogens with zero attached hydrogens (tertiary/aromatic N) is 1. The first-order valence-electron chi connectivity index (χ1n) is 7.46. The zero-order valence-electron chi connectivity index (χ0n) is 12.8. The Morgan fingerprint density at radius 2 is 2.29 bits per heavy atom. The van der Waals surface area contributed by atoms with Gasteiger partial charge in [0.2, 0.25) is 0 Å². The molecular weight excluding hydrogens is 268 g/mol. The van der Waals surface area contributed by atoms with Gasteiger partial charge in [-0.2, -0.15) is 0 Å². The van der Waals surface area contributed by atoms with E-state index in [0.29, 0.717) is 13.2 Å². The Kier molecular flexibility index (Phi) is 5.59. The third kappa shape index (κ3) is 3.74. The molecule has 1 unspecified atom stereocenters. The normalized spacial score (nSPS) is 18.7. The summed E-state index contributed by atoms with van der Waals surface area (Å²) in [6.07, 6.45) is 1.90. The zero-order valence-corrected chi connectivity index (χ0v) is 12.8. The second-order valence-electron chi connectivity index (χ2n) is 5.23. The quantitative estimate of drug-likeness (QED) is 0.808. The predicted octanol–water partition coefficient (Wildman–Crippen LogP) is 1.68. The Labute approximate surface area is 126 Å². The molecule has 5 nitrogen and oxygen atoms in total. The molecule has 5 heteroatoms. The third-order valence-electron chi connectivity index (χ3n) is 3.88. The van der Waals surface area contributed by atoms with Crippen LogP contribution in [0.5, 0.6) is 5.75 Å². The van der Waals surface area contributed by atoms with Crippen molar-refractivity contribution in [3.63, 3.8) is 0 Å². The van der Waals surface area contributed by atoms with Crippen molar-refractivity contribution < 1.29 is 14.3 Å². The van der Waals surface area contributed by atoms with Crippen LogP contribution in [0.2, 0.25) is 0 Å². The van der Waals surface area contributed by atoms with Crippen molar-refractivity contribution in [3.8, 4) is 5.75 Å². The fourth-order valence-electron chi connectivity index (χ4n) is 2.81. The van der Waals surface area contributed by atoms with Gasteiger partial charge in [-0.1, -0.05) is 12.1 Å². The van der Waals surface area contributed by atoms with E-state index in [9.17, 15) is 4.79 Å². The molecular formula is C16H24N2O3. The van der Waals surface area contributed by atoms with Crippen LogP contribution in [0.15, 0.2) is 18.2 Å². The van der Waals surface area contributed by atoms with E-state index in [0.717, 1.165) is 42.8 Å². The summed E-state index contributed by atoms with van der Waals surface area (Å²) in [5, 5.41) is 0. The van der Waals surface area contributed by atoms with Crippen LogP contribution in [-0.4, -0.2) is 37.2 Å². The predicted molar refractivity (Wildman–Crippen MR) is 81.0 cm³/mol. The molecule has 0 saturated carbocycles. The van der Waals surface area contributed by atoms with Crippen molar-refractivity contribution in [3.05, 3.63) is 29.3 Å². The van der Waals surface area contributed by atoms with Crippen LogP contribution in [0.4, 0.5) is 0 Å². The molecule has 1 aliphatic heterocycles. The maximum absolute atomic E-state index is 12.0. The summed E-state index contributed by atoms with van der Waals surface area (Å²) in [5.41, 5.74) is 7.80.